The Morgan fingerprint density at radius 2 is 1.12 bits per heavy atom. The van der Waals surface area contributed by atoms with Gasteiger partial charge in [0.2, 0.25) is 0 Å². The van der Waals surface area contributed by atoms with Gasteiger partial charge in [0, 0.05) is 36.2 Å². The molecule has 0 aliphatic carbocycles. The van der Waals surface area contributed by atoms with E-state index in [0.29, 0.717) is 33.9 Å². The third-order valence-corrected chi connectivity index (χ3v) is 3.96. The van der Waals surface area contributed by atoms with Gasteiger partial charge in [-0.05, 0) is 50.2 Å². The van der Waals surface area contributed by atoms with Gasteiger partial charge in [-0.3, -0.25) is 19.6 Å². The molecule has 0 aliphatic rings. The molecule has 0 atom stereocenters. The summed E-state index contributed by atoms with van der Waals surface area (Å²) in [5.41, 5.74) is 10.9. The van der Waals surface area contributed by atoms with Crippen LogP contribution in [0.25, 0.3) is 10.9 Å². The molecular weight excluding hydrogens is 476 g/mol. The zero-order chi connectivity index (χ0) is 23.3. The van der Waals surface area contributed by atoms with Crippen LogP contribution in [0.1, 0.15) is 36.4 Å². The molecule has 11 heteroatoms. The fourth-order valence-corrected chi connectivity index (χ4v) is 2.30. The number of carbonyl (C=O) groups excluding carboxylic acids is 2. The van der Waals surface area contributed by atoms with Gasteiger partial charge in [-0.15, -0.1) is 0 Å². The Balaban J connectivity index is 0.00000176. The van der Waals surface area contributed by atoms with Crippen LogP contribution in [0.2, 0.25) is 0 Å². The van der Waals surface area contributed by atoms with Crippen LogP contribution >= 0.6 is 10.2 Å². The fourth-order valence-electron chi connectivity index (χ4n) is 2.30. The molecular formula is C21H19ClN7NiO2. The van der Waals surface area contributed by atoms with E-state index < -0.39 is 0 Å². The van der Waals surface area contributed by atoms with Crippen LogP contribution in [0.3, 0.4) is 0 Å². The summed E-state index contributed by atoms with van der Waals surface area (Å²) in [5.74, 6) is -0.432. The first-order valence-corrected chi connectivity index (χ1v) is 10.4. The first-order valence-electron chi connectivity index (χ1n) is 9.07. The van der Waals surface area contributed by atoms with Gasteiger partial charge < -0.3 is 21.1 Å². The Morgan fingerprint density at radius 1 is 0.750 bits per heavy atom. The predicted octanol–water partition coefficient (Wildman–Crippen LogP) is 3.86. The number of hydrogen-bond donors (Lipinski definition) is 0. The summed E-state index contributed by atoms with van der Waals surface area (Å²) in [5, 5.41) is 8.09. The van der Waals surface area contributed by atoms with Crippen LogP contribution in [-0.4, -0.2) is 47.8 Å². The van der Waals surface area contributed by atoms with E-state index in [1.807, 2.05) is 0 Å². The third kappa shape index (κ3) is 7.33. The van der Waals surface area contributed by atoms with E-state index in [-0.39, 0.29) is 11.8 Å². The normalized spacial score (nSPS) is 11.2. The van der Waals surface area contributed by atoms with E-state index >= 15 is 0 Å². The molecule has 3 aromatic heterocycles. The number of rotatable bonds is 6. The van der Waals surface area contributed by atoms with Gasteiger partial charge in [0.25, 0.3) is 11.8 Å². The molecule has 3 aromatic rings. The standard InChI is InChI=1S/C21H19N7O2.ClH.Ni/c1-14(25-27-20(29)16-6-10-22-11-7-16)18-4-3-5-19(24-18)15(2)26-28-21(30)17-8-12-23-13-9-17;;/h3-13H,1-2H3,(H2,24,27,28,29,30);1H;/q;;+1/p-1. The second-order valence-corrected chi connectivity index (χ2v) is 6.10. The van der Waals surface area contributed by atoms with E-state index in [4.69, 9.17) is 0 Å². The maximum atomic E-state index is 10.0. The van der Waals surface area contributed by atoms with Crippen LogP contribution < -0.4 is 0 Å². The summed E-state index contributed by atoms with van der Waals surface area (Å²) in [7, 11) is 4.26. The van der Waals surface area contributed by atoms with Crippen molar-refractivity contribution in [3.63, 3.8) is 0 Å². The summed E-state index contributed by atoms with van der Waals surface area (Å²) >= 11 is 3.35. The van der Waals surface area contributed by atoms with Crippen molar-refractivity contribution >= 4 is 33.4 Å². The predicted molar refractivity (Wildman–Crippen MR) is 122 cm³/mol. The molecule has 9 nitrogen and oxygen atoms in total. The average molecular weight is 496 g/mol. The Bertz CT molecular complexity index is 1020. The second-order valence-electron chi connectivity index (χ2n) is 6.10. The summed E-state index contributed by atoms with van der Waals surface area (Å²) in [6, 6.07) is 11.9. The summed E-state index contributed by atoms with van der Waals surface area (Å²) in [4.78, 5) is 32.3. The molecule has 0 aliphatic heterocycles. The van der Waals surface area contributed by atoms with E-state index in [9.17, 15) is 9.59 Å². The Hall–Kier alpha value is -3.49. The van der Waals surface area contributed by atoms with Crippen molar-refractivity contribution in [1.82, 2.24) is 15.0 Å². The van der Waals surface area contributed by atoms with Crippen molar-refractivity contribution < 1.29 is 24.2 Å². The van der Waals surface area contributed by atoms with Crippen LogP contribution in [0.4, 0.5) is 0 Å². The van der Waals surface area contributed by atoms with E-state index in [1.54, 1.807) is 81.1 Å². The molecule has 0 unspecified atom stereocenters. The van der Waals surface area contributed by atoms with E-state index in [0.717, 1.165) is 0 Å². The van der Waals surface area contributed by atoms with Gasteiger partial charge in [0.05, 0.1) is 22.5 Å². The molecule has 0 spiro atoms. The minimum absolute atomic E-state index is 0.216. The molecule has 3 rings (SSSR count). The fraction of sp³-hybridized carbons (Fsp3) is 0.0952. The number of aromatic nitrogens is 3. The summed E-state index contributed by atoms with van der Waals surface area (Å²) < 4.78 is 0. The molecule has 0 fully saturated rings. The maximum absolute atomic E-state index is 10.0. The number of amides is 2. The van der Waals surface area contributed by atoms with Crippen LogP contribution in [0.15, 0.2) is 77.5 Å². The summed E-state index contributed by atoms with van der Waals surface area (Å²) in [6.45, 7) is 3.46. The molecule has 0 aromatic carbocycles. The molecule has 2 amide bonds. The Labute approximate surface area is 197 Å². The zero-order valence-electron chi connectivity index (χ0n) is 17.1. The SMILES string of the molecule is CC(=N[N-]C(=[OH+])c1ccncc1)c1cccc(C(C)=N[N-]C(=[OH+])c2ccncc2)n1.[Cl][Ni]. The van der Waals surface area contributed by atoms with Gasteiger partial charge in [-0.1, -0.05) is 6.07 Å². The Morgan fingerprint density at radius 3 is 1.50 bits per heavy atom. The van der Waals surface area contributed by atoms with Gasteiger partial charge in [0.15, 0.2) is 0 Å². The third-order valence-electron chi connectivity index (χ3n) is 3.96. The molecule has 0 bridgehead atoms. The topological polar surface area (TPSA) is 134 Å². The molecule has 0 saturated carbocycles. The molecule has 167 valence electrons. The van der Waals surface area contributed by atoms with Crippen molar-refractivity contribution in [2.24, 2.45) is 10.2 Å². The summed E-state index contributed by atoms with van der Waals surface area (Å²) in [6.07, 6.45) is 6.22. The number of hydrogen-bond acceptors (Lipinski definition) is 5. The van der Waals surface area contributed by atoms with Crippen molar-refractivity contribution in [3.05, 3.63) is 101 Å². The van der Waals surface area contributed by atoms with Gasteiger partial charge in [-0.2, -0.15) is 0 Å². The van der Waals surface area contributed by atoms with Gasteiger partial charge in [-0.25, -0.2) is 4.98 Å². The number of pyridine rings is 3. The minimum atomic E-state index is -0.216. The number of halogens is 1. The second kappa shape index (κ2) is 13.0. The first kappa shape index (κ1) is 24.8. The van der Waals surface area contributed by atoms with Crippen LogP contribution in [0.5, 0.6) is 0 Å². The molecule has 2 N–H and O–H groups in total. The monoisotopic (exact) mass is 494 g/mol. The van der Waals surface area contributed by atoms with Crippen molar-refractivity contribution in [3.8, 4) is 0 Å². The Kier molecular flexibility index (Phi) is 10.1. The molecule has 0 radical (unpaired) electrons. The molecule has 3 heterocycles. The van der Waals surface area contributed by atoms with Crippen LogP contribution in [-0.2, 0) is 14.6 Å². The quantitative estimate of drug-likeness (QED) is 0.222. The van der Waals surface area contributed by atoms with Crippen molar-refractivity contribution in [1.29, 1.82) is 0 Å². The zero-order valence-corrected chi connectivity index (χ0v) is 18.8. The van der Waals surface area contributed by atoms with E-state index in [1.165, 1.54) is 0 Å². The molecule has 0 saturated heterocycles. The average Bonchev–Trinajstić information content (AvgIpc) is 2.87. The van der Waals surface area contributed by atoms with Crippen molar-refractivity contribution in [2.45, 2.75) is 13.8 Å². The molecule has 32 heavy (non-hydrogen) atoms. The van der Waals surface area contributed by atoms with Crippen LogP contribution in [0, 0.1) is 0 Å². The number of nitrogens with zero attached hydrogens (tertiary/aromatic N) is 7. The van der Waals surface area contributed by atoms with Crippen molar-refractivity contribution in [2.75, 3.05) is 0 Å². The first-order chi connectivity index (χ1) is 15.5. The van der Waals surface area contributed by atoms with Gasteiger partial charge in [0.1, 0.15) is 0 Å². The van der Waals surface area contributed by atoms with Gasteiger partial charge >= 0.3 is 24.8 Å². The van der Waals surface area contributed by atoms with E-state index in [2.05, 4.69) is 60.8 Å².